The van der Waals surface area contributed by atoms with Crippen molar-refractivity contribution in [3.8, 4) is 0 Å². The lowest BCUT2D eigenvalue weighted by Gasteiger charge is -2.27. The van der Waals surface area contributed by atoms with Gasteiger partial charge in [0.25, 0.3) is 0 Å². The van der Waals surface area contributed by atoms with Gasteiger partial charge < -0.3 is 10.6 Å². The van der Waals surface area contributed by atoms with Gasteiger partial charge in [-0.1, -0.05) is 6.07 Å². The van der Waals surface area contributed by atoms with Crippen molar-refractivity contribution < 1.29 is 0 Å². The van der Waals surface area contributed by atoms with Crippen LogP contribution in [0.3, 0.4) is 0 Å². The molecule has 1 saturated heterocycles. The van der Waals surface area contributed by atoms with Gasteiger partial charge in [-0.25, -0.2) is 0 Å². The molecule has 1 aromatic carbocycles. The van der Waals surface area contributed by atoms with E-state index >= 15 is 0 Å². The smallest absolute Gasteiger partial charge is 0.0513 e. The zero-order valence-electron chi connectivity index (χ0n) is 9.91. The third-order valence-corrected chi connectivity index (χ3v) is 4.27. The second kappa shape index (κ2) is 4.76. The summed E-state index contributed by atoms with van der Waals surface area (Å²) in [5.41, 5.74) is 8.38. The summed E-state index contributed by atoms with van der Waals surface area (Å²) in [6, 6.07) is 7.10. The van der Waals surface area contributed by atoms with Crippen LogP contribution in [-0.2, 0) is 0 Å². The van der Waals surface area contributed by atoms with Crippen molar-refractivity contribution in [3.63, 3.8) is 0 Å². The van der Waals surface area contributed by atoms with Gasteiger partial charge in [-0.3, -0.25) is 0 Å². The van der Waals surface area contributed by atoms with Crippen LogP contribution >= 0.6 is 15.9 Å². The highest BCUT2D eigenvalue weighted by Crippen LogP contribution is 2.34. The molecule has 16 heavy (non-hydrogen) atoms. The molecule has 1 fully saturated rings. The highest BCUT2D eigenvalue weighted by Gasteiger charge is 2.30. The number of aryl methyl sites for hydroxylation is 1. The maximum Gasteiger partial charge on any atom is 0.0513 e. The minimum atomic E-state index is 0.545. The van der Waals surface area contributed by atoms with Gasteiger partial charge in [0.1, 0.15) is 0 Å². The second-order valence-corrected chi connectivity index (χ2v) is 5.53. The Kier molecular flexibility index (Phi) is 3.55. The fraction of sp³-hybridized carbons (Fsp3) is 0.538. The Morgan fingerprint density at radius 2 is 2.25 bits per heavy atom. The molecule has 1 aliphatic rings. The quantitative estimate of drug-likeness (QED) is 0.904. The number of hydrogen-bond acceptors (Lipinski definition) is 2. The minimum absolute atomic E-state index is 0.545. The van der Waals surface area contributed by atoms with Gasteiger partial charge in [0.15, 0.2) is 0 Å². The van der Waals surface area contributed by atoms with Crippen LogP contribution in [0.1, 0.15) is 18.9 Å². The molecule has 2 rings (SSSR count). The average molecular weight is 283 g/mol. The monoisotopic (exact) mass is 282 g/mol. The van der Waals surface area contributed by atoms with Crippen molar-refractivity contribution >= 4 is 21.6 Å². The molecule has 3 heteroatoms. The van der Waals surface area contributed by atoms with E-state index in [4.69, 9.17) is 5.73 Å². The van der Waals surface area contributed by atoms with Crippen molar-refractivity contribution in [3.05, 3.63) is 28.2 Å². The molecule has 0 saturated carbocycles. The first-order valence-electron chi connectivity index (χ1n) is 5.86. The normalized spacial score (nSPS) is 25.1. The molecule has 1 aliphatic heterocycles. The number of halogens is 1. The third kappa shape index (κ3) is 2.11. The standard InChI is InChI=1S/C13H19BrN2/c1-9-3-4-13(12(14)7-9)16-6-5-11(8-15)10(16)2/h3-4,7,10-11H,5-6,8,15H2,1-2H3. The number of anilines is 1. The molecular weight excluding hydrogens is 264 g/mol. The Balaban J connectivity index is 2.25. The predicted molar refractivity (Wildman–Crippen MR) is 72.8 cm³/mol. The number of nitrogens with zero attached hydrogens (tertiary/aromatic N) is 1. The van der Waals surface area contributed by atoms with E-state index in [9.17, 15) is 0 Å². The molecule has 88 valence electrons. The summed E-state index contributed by atoms with van der Waals surface area (Å²) in [5, 5.41) is 0. The highest BCUT2D eigenvalue weighted by molar-refractivity contribution is 9.10. The lowest BCUT2D eigenvalue weighted by Crippen LogP contribution is -2.32. The van der Waals surface area contributed by atoms with E-state index in [-0.39, 0.29) is 0 Å². The first-order chi connectivity index (χ1) is 7.63. The van der Waals surface area contributed by atoms with Crippen molar-refractivity contribution in [2.45, 2.75) is 26.3 Å². The summed E-state index contributed by atoms with van der Waals surface area (Å²) in [4.78, 5) is 2.46. The van der Waals surface area contributed by atoms with Gasteiger partial charge in [-0.05, 0) is 66.4 Å². The number of rotatable bonds is 2. The van der Waals surface area contributed by atoms with E-state index in [0.29, 0.717) is 12.0 Å². The zero-order valence-corrected chi connectivity index (χ0v) is 11.5. The molecule has 0 amide bonds. The van der Waals surface area contributed by atoms with Crippen LogP contribution in [0.4, 0.5) is 5.69 Å². The molecular formula is C13H19BrN2. The highest BCUT2D eigenvalue weighted by atomic mass is 79.9. The number of hydrogen-bond donors (Lipinski definition) is 1. The van der Waals surface area contributed by atoms with Crippen LogP contribution in [0.5, 0.6) is 0 Å². The van der Waals surface area contributed by atoms with E-state index in [0.717, 1.165) is 13.1 Å². The topological polar surface area (TPSA) is 29.3 Å². The van der Waals surface area contributed by atoms with Gasteiger partial charge in [0.05, 0.1) is 5.69 Å². The molecule has 0 radical (unpaired) electrons. The molecule has 0 aromatic heterocycles. The van der Waals surface area contributed by atoms with Crippen molar-refractivity contribution in [2.24, 2.45) is 11.7 Å². The van der Waals surface area contributed by atoms with Crippen LogP contribution in [0, 0.1) is 12.8 Å². The molecule has 0 aliphatic carbocycles. The lowest BCUT2D eigenvalue weighted by molar-refractivity contribution is 0.508. The van der Waals surface area contributed by atoms with Crippen molar-refractivity contribution in [2.75, 3.05) is 18.0 Å². The Labute approximate surface area is 106 Å². The van der Waals surface area contributed by atoms with E-state index in [1.165, 1.54) is 22.1 Å². The van der Waals surface area contributed by atoms with Crippen LogP contribution < -0.4 is 10.6 Å². The van der Waals surface area contributed by atoms with Crippen LogP contribution in [0.25, 0.3) is 0 Å². The lowest BCUT2D eigenvalue weighted by atomic mass is 10.0. The fourth-order valence-electron chi connectivity index (χ4n) is 2.50. The maximum atomic E-state index is 5.79. The predicted octanol–water partition coefficient (Wildman–Crippen LogP) is 2.93. The third-order valence-electron chi connectivity index (χ3n) is 3.63. The largest absolute Gasteiger partial charge is 0.368 e. The SMILES string of the molecule is Cc1ccc(N2CCC(CN)C2C)c(Br)c1. The Morgan fingerprint density at radius 1 is 1.50 bits per heavy atom. The summed E-state index contributed by atoms with van der Waals surface area (Å²) >= 11 is 3.65. The molecule has 2 unspecified atom stereocenters. The zero-order chi connectivity index (χ0) is 11.7. The van der Waals surface area contributed by atoms with E-state index in [1.54, 1.807) is 0 Å². The molecule has 2 N–H and O–H groups in total. The van der Waals surface area contributed by atoms with Gasteiger partial charge in [0.2, 0.25) is 0 Å². The number of nitrogens with two attached hydrogens (primary N) is 1. The van der Waals surface area contributed by atoms with Gasteiger partial charge >= 0.3 is 0 Å². The summed E-state index contributed by atoms with van der Waals surface area (Å²) in [5.74, 6) is 0.633. The van der Waals surface area contributed by atoms with E-state index in [1.807, 2.05) is 0 Å². The Bertz CT molecular complexity index is 378. The van der Waals surface area contributed by atoms with Gasteiger partial charge in [0, 0.05) is 17.1 Å². The van der Waals surface area contributed by atoms with Crippen LogP contribution in [0.15, 0.2) is 22.7 Å². The summed E-state index contributed by atoms with van der Waals surface area (Å²) < 4.78 is 1.19. The van der Waals surface area contributed by atoms with Crippen LogP contribution in [0.2, 0.25) is 0 Å². The Morgan fingerprint density at radius 3 is 2.81 bits per heavy atom. The summed E-state index contributed by atoms with van der Waals surface area (Å²) in [6.45, 7) is 6.30. The van der Waals surface area contributed by atoms with Crippen LogP contribution in [-0.4, -0.2) is 19.1 Å². The van der Waals surface area contributed by atoms with Crippen molar-refractivity contribution in [1.29, 1.82) is 0 Å². The Hall–Kier alpha value is -0.540. The average Bonchev–Trinajstić information content (AvgIpc) is 2.60. The molecule has 2 nitrogen and oxygen atoms in total. The molecule has 0 bridgehead atoms. The molecule has 2 atom stereocenters. The minimum Gasteiger partial charge on any atom is -0.368 e. The number of benzene rings is 1. The summed E-state index contributed by atoms with van der Waals surface area (Å²) in [7, 11) is 0. The fourth-order valence-corrected chi connectivity index (χ4v) is 3.22. The molecule has 1 aromatic rings. The first-order valence-corrected chi connectivity index (χ1v) is 6.65. The summed E-state index contributed by atoms with van der Waals surface area (Å²) in [6.07, 6.45) is 1.21. The van der Waals surface area contributed by atoms with Gasteiger partial charge in [-0.2, -0.15) is 0 Å². The second-order valence-electron chi connectivity index (χ2n) is 4.67. The van der Waals surface area contributed by atoms with Gasteiger partial charge in [-0.15, -0.1) is 0 Å². The van der Waals surface area contributed by atoms with Crippen molar-refractivity contribution in [1.82, 2.24) is 0 Å². The first kappa shape index (κ1) is 11.9. The van der Waals surface area contributed by atoms with E-state index < -0.39 is 0 Å². The molecule has 0 spiro atoms. The molecule has 1 heterocycles. The van der Waals surface area contributed by atoms with E-state index in [2.05, 4.69) is 52.9 Å². The maximum absolute atomic E-state index is 5.79.